The van der Waals surface area contributed by atoms with Crippen molar-refractivity contribution in [2.75, 3.05) is 20.2 Å². The molecule has 1 aliphatic rings. The molecule has 7 heteroatoms. The van der Waals surface area contributed by atoms with Gasteiger partial charge in [0.25, 0.3) is 0 Å². The fraction of sp³-hybridized carbons (Fsp3) is 0.316. The van der Waals surface area contributed by atoms with Crippen LogP contribution in [0.3, 0.4) is 0 Å². The average molecular weight is 372 g/mol. The summed E-state index contributed by atoms with van der Waals surface area (Å²) in [4.78, 5) is 41.2. The van der Waals surface area contributed by atoms with E-state index in [1.807, 2.05) is 47.8 Å². The Kier molecular flexibility index (Phi) is 5.68. The first kappa shape index (κ1) is 18.1. The van der Waals surface area contributed by atoms with Gasteiger partial charge < -0.3 is 14.5 Å². The van der Waals surface area contributed by atoms with Gasteiger partial charge in [0.05, 0.1) is 13.7 Å². The van der Waals surface area contributed by atoms with Crippen LogP contribution in [0, 0.1) is 0 Å². The summed E-state index contributed by atoms with van der Waals surface area (Å²) in [7, 11) is 1.27. The van der Waals surface area contributed by atoms with E-state index in [2.05, 4.69) is 4.74 Å². The highest BCUT2D eigenvalue weighted by Gasteiger charge is 2.40. The van der Waals surface area contributed by atoms with Crippen molar-refractivity contribution in [3.8, 4) is 0 Å². The molecule has 0 N–H and O–H groups in total. The zero-order valence-corrected chi connectivity index (χ0v) is 15.3. The minimum absolute atomic E-state index is 0.107. The van der Waals surface area contributed by atoms with Crippen molar-refractivity contribution >= 4 is 29.1 Å². The van der Waals surface area contributed by atoms with E-state index >= 15 is 0 Å². The largest absolute Gasteiger partial charge is 0.468 e. The predicted molar refractivity (Wildman–Crippen MR) is 97.4 cm³/mol. The summed E-state index contributed by atoms with van der Waals surface area (Å²) in [6, 6.07) is 12.8. The third-order valence-corrected chi connectivity index (χ3v) is 5.21. The highest BCUT2D eigenvalue weighted by molar-refractivity contribution is 7.09. The molecule has 0 saturated carbocycles. The van der Waals surface area contributed by atoms with Gasteiger partial charge in [-0.05, 0) is 17.0 Å². The Morgan fingerprint density at radius 2 is 1.96 bits per heavy atom. The van der Waals surface area contributed by atoms with Gasteiger partial charge in [-0.1, -0.05) is 36.4 Å². The topological polar surface area (TPSA) is 66.9 Å². The van der Waals surface area contributed by atoms with Gasteiger partial charge in [-0.15, -0.1) is 11.3 Å². The molecule has 1 saturated heterocycles. The van der Waals surface area contributed by atoms with Gasteiger partial charge in [0, 0.05) is 11.3 Å². The van der Waals surface area contributed by atoms with Crippen molar-refractivity contribution in [3.05, 3.63) is 58.3 Å². The minimum atomic E-state index is -0.634. The van der Waals surface area contributed by atoms with Crippen LogP contribution in [-0.2, 0) is 32.1 Å². The summed E-state index contributed by atoms with van der Waals surface area (Å²) in [6.45, 7) is 0.0790. The van der Waals surface area contributed by atoms with Gasteiger partial charge in [0.15, 0.2) is 0 Å². The molecule has 26 heavy (non-hydrogen) atoms. The highest BCUT2D eigenvalue weighted by atomic mass is 32.1. The normalized spacial score (nSPS) is 17.5. The van der Waals surface area contributed by atoms with Crippen molar-refractivity contribution in [2.45, 2.75) is 19.0 Å². The molecule has 3 rings (SSSR count). The van der Waals surface area contributed by atoms with Crippen molar-refractivity contribution < 1.29 is 19.1 Å². The van der Waals surface area contributed by atoms with Gasteiger partial charge in [0.2, 0.25) is 11.8 Å². The third kappa shape index (κ3) is 4.11. The maximum atomic E-state index is 13.0. The lowest BCUT2D eigenvalue weighted by atomic mass is 10.0. The van der Waals surface area contributed by atoms with E-state index in [1.165, 1.54) is 12.0 Å². The van der Waals surface area contributed by atoms with Crippen LogP contribution in [0.4, 0.5) is 0 Å². The van der Waals surface area contributed by atoms with E-state index < -0.39 is 12.0 Å². The number of methoxy groups -OCH3 is 1. The predicted octanol–water partition coefficient (Wildman–Crippen LogP) is 1.70. The number of carbonyl (C=O) groups is 3. The number of benzene rings is 1. The molecule has 0 bridgehead atoms. The van der Waals surface area contributed by atoms with Gasteiger partial charge in [-0.3, -0.25) is 14.4 Å². The molecule has 1 aromatic heterocycles. The second-order valence-electron chi connectivity index (χ2n) is 6.08. The third-order valence-electron chi connectivity index (χ3n) is 4.35. The summed E-state index contributed by atoms with van der Waals surface area (Å²) in [6.07, 6.45) is 0.411. The number of esters is 1. The van der Waals surface area contributed by atoms with Crippen LogP contribution in [0.1, 0.15) is 10.4 Å². The van der Waals surface area contributed by atoms with Crippen LogP contribution in [0.2, 0.25) is 0 Å². The number of hydrogen-bond acceptors (Lipinski definition) is 5. The molecule has 0 spiro atoms. The second kappa shape index (κ2) is 8.14. The van der Waals surface area contributed by atoms with Crippen LogP contribution < -0.4 is 0 Å². The van der Waals surface area contributed by atoms with E-state index in [0.717, 1.165) is 10.4 Å². The maximum absolute atomic E-state index is 13.0. The highest BCUT2D eigenvalue weighted by Crippen LogP contribution is 2.22. The Morgan fingerprint density at radius 1 is 1.19 bits per heavy atom. The lowest BCUT2D eigenvalue weighted by Crippen LogP contribution is -2.61. The summed E-state index contributed by atoms with van der Waals surface area (Å²) < 4.78 is 4.65. The summed E-state index contributed by atoms with van der Waals surface area (Å²) >= 11 is 1.55. The van der Waals surface area contributed by atoms with Gasteiger partial charge in [-0.2, -0.15) is 0 Å². The van der Waals surface area contributed by atoms with Crippen molar-refractivity contribution in [3.63, 3.8) is 0 Å². The zero-order chi connectivity index (χ0) is 18.5. The number of thiophene rings is 1. The first-order valence-electron chi connectivity index (χ1n) is 8.30. The van der Waals surface area contributed by atoms with Crippen LogP contribution in [0.25, 0.3) is 0 Å². The molecule has 2 amide bonds. The van der Waals surface area contributed by atoms with Gasteiger partial charge in [0.1, 0.15) is 19.1 Å². The number of rotatable bonds is 6. The number of ether oxygens (including phenoxy) is 1. The monoisotopic (exact) mass is 372 g/mol. The Morgan fingerprint density at radius 3 is 2.62 bits per heavy atom. The van der Waals surface area contributed by atoms with E-state index in [9.17, 15) is 14.4 Å². The molecule has 1 fully saturated rings. The van der Waals surface area contributed by atoms with Crippen LogP contribution in [-0.4, -0.2) is 53.8 Å². The number of carbonyl (C=O) groups excluding carboxylic acids is 3. The summed E-state index contributed by atoms with van der Waals surface area (Å²) in [5, 5.41) is 1.95. The van der Waals surface area contributed by atoms with Crippen LogP contribution in [0.15, 0.2) is 47.8 Å². The lowest BCUT2D eigenvalue weighted by molar-refractivity contribution is -0.160. The zero-order valence-electron chi connectivity index (χ0n) is 14.5. The first-order chi connectivity index (χ1) is 12.6. The standard InChI is InChI=1S/C19H20N2O4S/c1-25-18(23)13-20-12-17(22)21(11-15-8-5-9-26-15)16(19(20)24)10-14-6-3-2-4-7-14/h2-9,16H,10-13H2,1H3. The van der Waals surface area contributed by atoms with Gasteiger partial charge in [-0.25, -0.2) is 0 Å². The van der Waals surface area contributed by atoms with E-state index in [1.54, 1.807) is 16.2 Å². The molecule has 1 aromatic carbocycles. The van der Waals surface area contributed by atoms with Crippen molar-refractivity contribution in [1.29, 1.82) is 0 Å². The molecule has 1 aliphatic heterocycles. The average Bonchev–Trinajstić information content (AvgIpc) is 3.16. The maximum Gasteiger partial charge on any atom is 0.325 e. The first-order valence-corrected chi connectivity index (χ1v) is 9.18. The fourth-order valence-electron chi connectivity index (χ4n) is 3.01. The number of nitrogens with zero attached hydrogens (tertiary/aromatic N) is 2. The van der Waals surface area contributed by atoms with Crippen molar-refractivity contribution in [1.82, 2.24) is 9.80 Å². The molecule has 0 radical (unpaired) electrons. The smallest absolute Gasteiger partial charge is 0.325 e. The van der Waals surface area contributed by atoms with Gasteiger partial charge >= 0.3 is 5.97 Å². The van der Waals surface area contributed by atoms with E-state index in [0.29, 0.717) is 13.0 Å². The SMILES string of the molecule is COC(=O)CN1CC(=O)N(Cc2cccs2)C(Cc2ccccc2)C1=O. The van der Waals surface area contributed by atoms with Crippen molar-refractivity contribution in [2.24, 2.45) is 0 Å². The summed E-state index contributed by atoms with van der Waals surface area (Å²) in [5.74, 6) is -0.922. The Balaban J connectivity index is 1.85. The molecule has 0 aliphatic carbocycles. The molecule has 2 heterocycles. The Bertz CT molecular complexity index is 776. The van der Waals surface area contributed by atoms with E-state index in [4.69, 9.17) is 0 Å². The van der Waals surface area contributed by atoms with Crippen LogP contribution in [0.5, 0.6) is 0 Å². The minimum Gasteiger partial charge on any atom is -0.468 e. The summed E-state index contributed by atoms with van der Waals surface area (Å²) in [5.41, 5.74) is 0.967. The lowest BCUT2D eigenvalue weighted by Gasteiger charge is -2.39. The van der Waals surface area contributed by atoms with Crippen LogP contribution >= 0.6 is 11.3 Å². The molecule has 136 valence electrons. The molecular formula is C19H20N2O4S. The molecular weight excluding hydrogens is 352 g/mol. The fourth-order valence-corrected chi connectivity index (χ4v) is 3.71. The molecule has 2 aromatic rings. The quantitative estimate of drug-likeness (QED) is 0.724. The van der Waals surface area contributed by atoms with E-state index in [-0.39, 0.29) is 24.9 Å². The Labute approximate surface area is 156 Å². The molecule has 1 atom stereocenters. The number of piperazine rings is 1. The molecule has 6 nitrogen and oxygen atoms in total. The molecule has 1 unspecified atom stereocenters. The second-order valence-corrected chi connectivity index (χ2v) is 7.11. The number of hydrogen-bond donors (Lipinski definition) is 0. The Hall–Kier alpha value is -2.67. The number of amides is 2.